The molecule has 0 atom stereocenters. The van der Waals surface area contributed by atoms with Crippen molar-refractivity contribution in [2.45, 2.75) is 0 Å². The second kappa shape index (κ2) is 15.7. The first kappa shape index (κ1) is 16.1. The molecule has 0 fully saturated rings. The summed E-state index contributed by atoms with van der Waals surface area (Å²) >= 11 is -2.00. The van der Waals surface area contributed by atoms with E-state index in [4.69, 9.17) is 16.6 Å². The Bertz CT molecular complexity index is 89.3. The fourth-order valence-corrected chi connectivity index (χ4v) is 0. The number of carboxylic acids is 1. The van der Waals surface area contributed by atoms with Crippen molar-refractivity contribution in [1.29, 1.82) is 0 Å². The van der Waals surface area contributed by atoms with Crippen LogP contribution in [-0.4, -0.2) is 60.0 Å². The molecule has 0 heterocycles. The zero-order valence-corrected chi connectivity index (χ0v) is 10.1. The van der Waals surface area contributed by atoms with E-state index < -0.39 is 25.1 Å². The van der Waals surface area contributed by atoms with Crippen molar-refractivity contribution < 1.29 is 38.5 Å². The van der Waals surface area contributed by atoms with Gasteiger partial charge in [0.25, 0.3) is 0 Å². The number of aliphatic carboxylic acids is 1. The van der Waals surface area contributed by atoms with Crippen LogP contribution in [0.25, 0.3) is 0 Å². The molecule has 0 aliphatic heterocycles. The molecule has 0 rings (SSSR count). The monoisotopic (exact) mass is 279 g/mol. The summed E-state index contributed by atoms with van der Waals surface area (Å²) in [4.78, 5) is 8.89. The van der Waals surface area contributed by atoms with Crippen LogP contribution in [0, 0.1) is 6.92 Å². The third kappa shape index (κ3) is 186. The molecule has 0 aromatic carbocycles. The minimum atomic E-state index is -2.00. The van der Waals surface area contributed by atoms with Crippen LogP contribution in [0.5, 0.6) is 0 Å². The van der Waals surface area contributed by atoms with Gasteiger partial charge in [-0.25, -0.2) is 0 Å². The molecule has 0 unspecified atom stereocenters. The molecular weight excluding hydrogens is 273 g/mol. The average molecular weight is 278 g/mol. The fourth-order valence-electron chi connectivity index (χ4n) is 0. The Morgan fingerprint density at radius 2 is 1.62 bits per heavy atom. The van der Waals surface area contributed by atoms with Crippen LogP contribution in [0.15, 0.2) is 0 Å². The minimum absolute atomic E-state index is 0. The molecule has 0 saturated heterocycles. The van der Waals surface area contributed by atoms with Gasteiger partial charge in [-0.1, -0.05) is 0 Å². The molecule has 0 aliphatic carbocycles. The fraction of sp³-hybridized carbons (Fsp3) is 0. The van der Waals surface area contributed by atoms with Crippen LogP contribution in [0.4, 0.5) is 0 Å². The zero-order chi connectivity index (χ0) is 6.28. The van der Waals surface area contributed by atoms with Crippen LogP contribution in [0.2, 0.25) is 0 Å². The summed E-state index contributed by atoms with van der Waals surface area (Å²) in [6.45, 7) is 2.56. The van der Waals surface area contributed by atoms with E-state index in [1.54, 1.807) is 0 Å². The van der Waals surface area contributed by atoms with E-state index in [-0.39, 0.29) is 51.7 Å². The summed E-state index contributed by atoms with van der Waals surface area (Å²) in [7, 11) is 0. The second-order valence-electron chi connectivity index (χ2n) is 0.477. The maximum atomic E-state index is 8.89. The Morgan fingerprint density at radius 3 is 1.62 bits per heavy atom. The van der Waals surface area contributed by atoms with Crippen LogP contribution >= 0.6 is 0 Å². The van der Waals surface area contributed by atoms with Crippen molar-refractivity contribution in [2.75, 3.05) is 0 Å². The normalized spacial score (nSPS) is 4.00. The summed E-state index contributed by atoms with van der Waals surface area (Å²) in [5, 5.41) is 7.31. The van der Waals surface area contributed by atoms with Crippen molar-refractivity contribution in [1.82, 2.24) is 0 Å². The molecule has 0 aliphatic rings. The van der Waals surface area contributed by atoms with E-state index in [0.717, 1.165) is 0 Å². The number of hydrogen-bond acceptors (Lipinski definition) is 3. The van der Waals surface area contributed by atoms with Gasteiger partial charge in [0.1, 0.15) is 0 Å². The molecule has 0 saturated carbocycles. The number of carbonyl (C=O) groups is 1. The standard InChI is InChI=1S/C2H3O2.Ba.2O.Ti.2H/c1-2(3)4;;;;;;/h1H2,(H,3,4);;;;;;/q-1;+2;;;;2*-1. The Kier molecular flexibility index (Phi) is 31.7. The molecule has 0 bridgehead atoms. The van der Waals surface area contributed by atoms with E-state index in [9.17, 15) is 0 Å². The third-order valence-electron chi connectivity index (χ3n) is 0. The summed E-state index contributed by atoms with van der Waals surface area (Å²) in [6, 6.07) is 0. The van der Waals surface area contributed by atoms with Crippen molar-refractivity contribution >= 4 is 54.9 Å². The van der Waals surface area contributed by atoms with Gasteiger partial charge in [0, 0.05) is 0 Å². The van der Waals surface area contributed by atoms with E-state index in [1.807, 2.05) is 0 Å². The topological polar surface area (TPSA) is 71.4 Å². The van der Waals surface area contributed by atoms with E-state index in [1.165, 1.54) is 0 Å². The third-order valence-corrected chi connectivity index (χ3v) is 0. The van der Waals surface area contributed by atoms with Crippen molar-refractivity contribution in [3.63, 3.8) is 0 Å². The molecule has 0 spiro atoms. The second-order valence-corrected chi connectivity index (χ2v) is 0.737. The number of hydrogen-bond donors (Lipinski definition) is 1. The van der Waals surface area contributed by atoms with Crippen molar-refractivity contribution in [3.05, 3.63) is 6.92 Å². The molecule has 0 radical (unpaired) electrons. The first-order valence-electron chi connectivity index (χ1n) is 1.19. The quantitative estimate of drug-likeness (QED) is 0.479. The molecule has 8 heavy (non-hydrogen) atoms. The molecule has 0 aromatic rings. The zero-order valence-electron chi connectivity index (χ0n) is 6.09. The summed E-state index contributed by atoms with van der Waals surface area (Å²) in [6.07, 6.45) is 0. The van der Waals surface area contributed by atoms with Crippen molar-refractivity contribution in [2.24, 2.45) is 0 Å². The van der Waals surface area contributed by atoms with Gasteiger partial charge in [0.2, 0.25) is 0 Å². The van der Waals surface area contributed by atoms with Gasteiger partial charge in [0.05, 0.1) is 0 Å². The Labute approximate surface area is 98.6 Å². The predicted octanol–water partition coefficient (Wildman–Crippen LogP) is -0.491. The van der Waals surface area contributed by atoms with Gasteiger partial charge in [0.15, 0.2) is 5.97 Å². The molecule has 0 amide bonds. The summed E-state index contributed by atoms with van der Waals surface area (Å²) < 4.78 is 17.0. The molecule has 6 heteroatoms. The Morgan fingerprint density at radius 1 is 1.62 bits per heavy atom. The first-order valence-corrected chi connectivity index (χ1v) is 2.46. The predicted molar refractivity (Wildman–Crippen MR) is 22.3 cm³/mol. The molecule has 44 valence electrons. The Balaban J connectivity index is -0.0000000131. The van der Waals surface area contributed by atoms with Gasteiger partial charge >= 0.3 is 74.6 Å². The number of carboxylic acid groups (broad SMARTS) is 1. The molecule has 0 aromatic heterocycles. The van der Waals surface area contributed by atoms with E-state index in [2.05, 4.69) is 6.92 Å². The molecular formula is C2H5BaO4Ti-. The van der Waals surface area contributed by atoms with Gasteiger partial charge in [-0.2, -0.15) is 0 Å². The average Bonchev–Trinajstić information content (AvgIpc) is 1.33. The summed E-state index contributed by atoms with van der Waals surface area (Å²) in [5.74, 6) is -1.08. The van der Waals surface area contributed by atoms with Crippen LogP contribution < -0.4 is 0 Å². The van der Waals surface area contributed by atoms with E-state index in [0.29, 0.717) is 0 Å². The van der Waals surface area contributed by atoms with Gasteiger partial charge in [-0.15, -0.1) is 0 Å². The van der Waals surface area contributed by atoms with Crippen LogP contribution in [0.3, 0.4) is 0 Å². The van der Waals surface area contributed by atoms with Gasteiger partial charge in [-0.05, 0) is 0 Å². The summed E-state index contributed by atoms with van der Waals surface area (Å²) in [5.41, 5.74) is 0. The first-order chi connectivity index (χ1) is 3.15. The molecule has 4 nitrogen and oxygen atoms in total. The Hall–Kier alpha value is 1.23. The van der Waals surface area contributed by atoms with Crippen LogP contribution in [-0.2, 0) is 30.5 Å². The maximum absolute atomic E-state index is 8.89. The SMILES string of the molecule is [Ba+2].[CH2-]C(=O)O.[H-].[H-].[O]=[Ti]=[O]. The van der Waals surface area contributed by atoms with Gasteiger partial charge in [-0.3, -0.25) is 11.7 Å². The van der Waals surface area contributed by atoms with Crippen molar-refractivity contribution in [3.8, 4) is 0 Å². The number of rotatable bonds is 0. The van der Waals surface area contributed by atoms with Crippen LogP contribution in [0.1, 0.15) is 2.85 Å². The van der Waals surface area contributed by atoms with E-state index >= 15 is 0 Å². The molecule has 1 N–H and O–H groups in total. The van der Waals surface area contributed by atoms with Gasteiger partial charge < -0.3 is 7.96 Å².